The number of anilines is 1. The van der Waals surface area contributed by atoms with Gasteiger partial charge in [-0.15, -0.1) is 0 Å². The van der Waals surface area contributed by atoms with E-state index < -0.39 is 17.9 Å². The van der Waals surface area contributed by atoms with Gasteiger partial charge in [-0.3, -0.25) is 14.4 Å². The minimum absolute atomic E-state index is 0.144. The number of carbonyl (C=O) groups excluding carboxylic acids is 3. The molecule has 0 saturated heterocycles. The number of carbonyl (C=O) groups is 3. The Labute approximate surface area is 150 Å². The maximum atomic E-state index is 12.3. The van der Waals surface area contributed by atoms with Crippen LogP contribution in [0.1, 0.15) is 17.2 Å². The molecule has 1 unspecified atom stereocenters. The van der Waals surface area contributed by atoms with E-state index in [1.807, 2.05) is 18.2 Å². The number of para-hydroxylation sites is 2. The Bertz CT molecular complexity index is 865. The molecule has 0 aromatic heterocycles. The molecule has 2 aromatic rings. The largest absolute Gasteiger partial charge is 0.496 e. The summed E-state index contributed by atoms with van der Waals surface area (Å²) in [7, 11) is 3.17. The normalized spacial score (nSPS) is 15.4. The van der Waals surface area contributed by atoms with Crippen molar-refractivity contribution in [2.24, 2.45) is 0 Å². The molecule has 1 atom stereocenters. The van der Waals surface area contributed by atoms with Crippen molar-refractivity contribution < 1.29 is 19.1 Å². The van der Waals surface area contributed by atoms with Gasteiger partial charge in [-0.05, 0) is 12.1 Å². The van der Waals surface area contributed by atoms with Gasteiger partial charge in [0.05, 0.1) is 7.11 Å². The van der Waals surface area contributed by atoms with Crippen LogP contribution in [0.25, 0.3) is 0 Å². The third kappa shape index (κ3) is 3.23. The lowest BCUT2D eigenvalue weighted by Crippen LogP contribution is -2.43. The van der Waals surface area contributed by atoms with Crippen molar-refractivity contribution in [3.05, 3.63) is 59.7 Å². The fraction of sp³-hybridized carbons (Fsp3) is 0.211. The summed E-state index contributed by atoms with van der Waals surface area (Å²) in [6, 6.07) is 13.5. The molecule has 0 spiro atoms. The van der Waals surface area contributed by atoms with Gasteiger partial charge in [-0.1, -0.05) is 36.4 Å². The van der Waals surface area contributed by atoms with Crippen molar-refractivity contribution in [3.63, 3.8) is 0 Å². The zero-order chi connectivity index (χ0) is 18.7. The number of fused-ring (bicyclic) bond motifs is 1. The molecular weight excluding hydrogens is 334 g/mol. The highest BCUT2D eigenvalue weighted by Crippen LogP contribution is 2.34. The van der Waals surface area contributed by atoms with Crippen LogP contribution in [0.2, 0.25) is 0 Å². The number of nitrogens with one attached hydrogen (secondary N) is 2. The molecule has 1 aliphatic rings. The van der Waals surface area contributed by atoms with E-state index in [0.29, 0.717) is 11.3 Å². The van der Waals surface area contributed by atoms with Crippen LogP contribution in [-0.4, -0.2) is 31.9 Å². The summed E-state index contributed by atoms with van der Waals surface area (Å²) in [6.45, 7) is 0.144. The van der Waals surface area contributed by atoms with Crippen LogP contribution in [0.4, 0.5) is 5.69 Å². The average molecular weight is 353 g/mol. The minimum Gasteiger partial charge on any atom is -0.496 e. The van der Waals surface area contributed by atoms with E-state index in [1.165, 1.54) is 12.0 Å². The van der Waals surface area contributed by atoms with Gasteiger partial charge in [0.1, 0.15) is 11.8 Å². The van der Waals surface area contributed by atoms with Crippen molar-refractivity contribution in [1.82, 2.24) is 10.6 Å². The highest BCUT2D eigenvalue weighted by atomic mass is 16.5. The van der Waals surface area contributed by atoms with Gasteiger partial charge in [0.25, 0.3) is 5.91 Å². The Morgan fingerprint density at radius 2 is 1.77 bits per heavy atom. The van der Waals surface area contributed by atoms with Crippen LogP contribution in [0.5, 0.6) is 5.75 Å². The second kappa shape index (κ2) is 7.26. The molecule has 1 heterocycles. The molecule has 26 heavy (non-hydrogen) atoms. The lowest BCUT2D eigenvalue weighted by atomic mass is 10.1. The van der Waals surface area contributed by atoms with Crippen molar-refractivity contribution in [2.45, 2.75) is 12.6 Å². The van der Waals surface area contributed by atoms with Gasteiger partial charge in [-0.2, -0.15) is 0 Å². The first-order chi connectivity index (χ1) is 12.5. The Hall–Kier alpha value is -3.35. The third-order valence-electron chi connectivity index (χ3n) is 4.30. The monoisotopic (exact) mass is 353 g/mol. The number of ether oxygens (including phenoxy) is 1. The Morgan fingerprint density at radius 1 is 1.08 bits per heavy atom. The number of amides is 3. The highest BCUT2D eigenvalue weighted by molar-refractivity contribution is 6.35. The number of hydrogen-bond acceptors (Lipinski definition) is 4. The molecule has 134 valence electrons. The first-order valence-corrected chi connectivity index (χ1v) is 8.10. The van der Waals surface area contributed by atoms with E-state index in [0.717, 1.165) is 11.3 Å². The van der Waals surface area contributed by atoms with Crippen LogP contribution in [0, 0.1) is 0 Å². The Morgan fingerprint density at radius 3 is 2.54 bits per heavy atom. The van der Waals surface area contributed by atoms with Crippen molar-refractivity contribution >= 4 is 23.4 Å². The summed E-state index contributed by atoms with van der Waals surface area (Å²) in [5.74, 6) is -1.33. The fourth-order valence-corrected chi connectivity index (χ4v) is 2.92. The van der Waals surface area contributed by atoms with Crippen LogP contribution in [-0.2, 0) is 20.9 Å². The molecule has 0 fully saturated rings. The smallest absolute Gasteiger partial charge is 0.310 e. The Kier molecular flexibility index (Phi) is 4.88. The number of rotatable bonds is 4. The topological polar surface area (TPSA) is 87.7 Å². The van der Waals surface area contributed by atoms with Gasteiger partial charge in [0.15, 0.2) is 0 Å². The molecule has 3 amide bonds. The average Bonchev–Trinajstić information content (AvgIpc) is 2.91. The summed E-state index contributed by atoms with van der Waals surface area (Å²) in [5, 5.41) is 5.05. The molecular formula is C19H19N3O4. The second-order valence-corrected chi connectivity index (χ2v) is 5.86. The summed E-state index contributed by atoms with van der Waals surface area (Å²) in [5.41, 5.74) is 2.14. The van der Waals surface area contributed by atoms with Crippen molar-refractivity contribution in [3.8, 4) is 5.75 Å². The van der Waals surface area contributed by atoms with Crippen LogP contribution in [0.3, 0.4) is 0 Å². The van der Waals surface area contributed by atoms with E-state index in [9.17, 15) is 14.4 Å². The van der Waals surface area contributed by atoms with Crippen LogP contribution in [0.15, 0.2) is 48.5 Å². The maximum absolute atomic E-state index is 12.3. The number of likely N-dealkylation sites (N-methyl/N-ethyl adjacent to an activating group) is 1. The number of nitrogens with zero attached hydrogens (tertiary/aromatic N) is 1. The molecule has 0 saturated carbocycles. The van der Waals surface area contributed by atoms with Crippen LogP contribution < -0.4 is 20.3 Å². The van der Waals surface area contributed by atoms with Crippen molar-refractivity contribution in [1.29, 1.82) is 0 Å². The third-order valence-corrected chi connectivity index (χ3v) is 4.30. The van der Waals surface area contributed by atoms with Gasteiger partial charge in [0, 0.05) is 30.4 Å². The number of benzene rings is 2. The summed E-state index contributed by atoms with van der Waals surface area (Å²) in [6.07, 6.45) is 0. The van der Waals surface area contributed by atoms with E-state index >= 15 is 0 Å². The lowest BCUT2D eigenvalue weighted by Gasteiger charge is -2.13. The zero-order valence-electron chi connectivity index (χ0n) is 14.5. The molecule has 3 rings (SSSR count). The minimum atomic E-state index is -0.860. The molecule has 2 aromatic carbocycles. The summed E-state index contributed by atoms with van der Waals surface area (Å²) >= 11 is 0. The van der Waals surface area contributed by atoms with Crippen molar-refractivity contribution in [2.75, 3.05) is 19.1 Å². The first kappa shape index (κ1) is 17.5. The second-order valence-electron chi connectivity index (χ2n) is 5.86. The van der Waals surface area contributed by atoms with Crippen LogP contribution >= 0.6 is 0 Å². The molecule has 7 heteroatoms. The number of hydrogen-bond donors (Lipinski definition) is 2. The Balaban J connectivity index is 1.65. The first-order valence-electron chi connectivity index (χ1n) is 8.10. The SMILES string of the molecule is COc1ccccc1CNC(=O)C(=O)NC1C(=O)N(C)c2ccccc21. The molecule has 0 radical (unpaired) electrons. The van der Waals surface area contributed by atoms with E-state index in [2.05, 4.69) is 10.6 Å². The predicted octanol–water partition coefficient (Wildman–Crippen LogP) is 1.15. The molecule has 2 N–H and O–H groups in total. The van der Waals surface area contributed by atoms with Gasteiger partial charge < -0.3 is 20.3 Å². The maximum Gasteiger partial charge on any atom is 0.310 e. The van der Waals surface area contributed by atoms with E-state index in [-0.39, 0.29) is 12.5 Å². The highest BCUT2D eigenvalue weighted by Gasteiger charge is 2.36. The predicted molar refractivity (Wildman–Crippen MR) is 95.6 cm³/mol. The van der Waals surface area contributed by atoms with Gasteiger partial charge >= 0.3 is 11.8 Å². The summed E-state index contributed by atoms with van der Waals surface area (Å²) in [4.78, 5) is 38.1. The molecule has 7 nitrogen and oxygen atoms in total. The lowest BCUT2D eigenvalue weighted by molar-refractivity contribution is -0.140. The van der Waals surface area contributed by atoms with Gasteiger partial charge in [-0.25, -0.2) is 0 Å². The fourth-order valence-electron chi connectivity index (χ4n) is 2.92. The zero-order valence-corrected chi connectivity index (χ0v) is 14.5. The van der Waals surface area contributed by atoms with E-state index in [4.69, 9.17) is 4.74 Å². The molecule has 0 aliphatic carbocycles. The standard InChI is InChI=1S/C19H19N3O4/c1-22-14-9-5-4-8-13(14)16(19(22)25)21-18(24)17(23)20-11-12-7-3-6-10-15(12)26-2/h3-10,16H,11H2,1-2H3,(H,20,23)(H,21,24). The van der Waals surface area contributed by atoms with Gasteiger partial charge in [0.2, 0.25) is 0 Å². The quantitative estimate of drug-likeness (QED) is 0.807. The molecule has 0 bridgehead atoms. The summed E-state index contributed by atoms with van der Waals surface area (Å²) < 4.78 is 5.21. The van der Waals surface area contributed by atoms with E-state index in [1.54, 1.807) is 37.4 Å². The molecule has 1 aliphatic heterocycles. The number of methoxy groups -OCH3 is 1.